The van der Waals surface area contributed by atoms with Crippen molar-refractivity contribution in [3.8, 4) is 0 Å². The molecule has 0 spiro atoms. The third kappa shape index (κ3) is 7.46. The third-order valence-electron chi connectivity index (χ3n) is 6.20. The summed E-state index contributed by atoms with van der Waals surface area (Å²) in [6.07, 6.45) is 9.17. The lowest BCUT2D eigenvalue weighted by atomic mass is 9.75. The zero-order valence-electron chi connectivity index (χ0n) is 19.4. The second kappa shape index (κ2) is 14.0. The van der Waals surface area contributed by atoms with Crippen LogP contribution in [-0.2, 0) is 19.2 Å². The number of hydrogen-bond donors (Lipinski definition) is 3. The van der Waals surface area contributed by atoms with Crippen LogP contribution in [-0.4, -0.2) is 82.5 Å². The van der Waals surface area contributed by atoms with Crippen LogP contribution in [0.25, 0.3) is 6.08 Å². The molecule has 0 unspecified atom stereocenters. The summed E-state index contributed by atoms with van der Waals surface area (Å²) >= 11 is 1.61. The van der Waals surface area contributed by atoms with E-state index in [4.69, 9.17) is 19.8 Å². The largest absolute Gasteiger partial charge is 0.483 e. The Labute approximate surface area is 207 Å². The van der Waals surface area contributed by atoms with Crippen molar-refractivity contribution >= 4 is 47.9 Å². The zero-order valence-corrected chi connectivity index (χ0v) is 20.3. The van der Waals surface area contributed by atoms with Gasteiger partial charge in [0.1, 0.15) is 0 Å². The second-order valence-electron chi connectivity index (χ2n) is 8.02. The molecule has 2 aromatic rings. The number of fused-ring (bicyclic) bond motifs is 1. The molecule has 35 heavy (non-hydrogen) atoms. The molecule has 0 radical (unpaired) electrons. The molecule has 0 saturated carbocycles. The molecule has 0 aliphatic carbocycles. The predicted molar refractivity (Wildman–Crippen MR) is 133 cm³/mol. The van der Waals surface area contributed by atoms with Crippen LogP contribution in [0.4, 0.5) is 5.69 Å². The van der Waals surface area contributed by atoms with Crippen molar-refractivity contribution in [3.63, 3.8) is 0 Å². The van der Waals surface area contributed by atoms with Gasteiger partial charge in [0.15, 0.2) is 0 Å². The molecule has 2 atom stereocenters. The molecule has 2 fully saturated rings. The number of rotatable bonds is 4. The maximum atomic E-state index is 13.3. The second-order valence-corrected chi connectivity index (χ2v) is 9.00. The number of nitrogens with zero attached hydrogens (tertiary/aromatic N) is 3. The molecular formula is C24H30N4O6S. The highest BCUT2D eigenvalue weighted by Gasteiger charge is 2.52. The summed E-state index contributed by atoms with van der Waals surface area (Å²) in [6.45, 7) is 1.67. The van der Waals surface area contributed by atoms with Crippen molar-refractivity contribution in [3.05, 3.63) is 53.0 Å². The van der Waals surface area contributed by atoms with Gasteiger partial charge in [0.25, 0.3) is 12.9 Å². The molecule has 0 aromatic carbocycles. The van der Waals surface area contributed by atoms with E-state index in [1.807, 2.05) is 40.6 Å². The maximum Gasteiger partial charge on any atom is 0.290 e. The highest BCUT2D eigenvalue weighted by atomic mass is 32.1. The molecule has 2 aliphatic heterocycles. The van der Waals surface area contributed by atoms with Crippen LogP contribution in [0.3, 0.4) is 0 Å². The topological polar surface area (TPSA) is 140 Å². The average molecular weight is 503 g/mol. The summed E-state index contributed by atoms with van der Waals surface area (Å²) in [5, 5.41) is 18.8. The van der Waals surface area contributed by atoms with Crippen molar-refractivity contribution in [2.24, 2.45) is 5.41 Å². The Morgan fingerprint density at radius 1 is 1.14 bits per heavy atom. The lowest BCUT2D eigenvalue weighted by molar-refractivity contribution is -0.128. The van der Waals surface area contributed by atoms with Gasteiger partial charge in [0.2, 0.25) is 11.8 Å². The first kappa shape index (κ1) is 27.7. The van der Waals surface area contributed by atoms with Gasteiger partial charge >= 0.3 is 0 Å². The first-order valence-electron chi connectivity index (χ1n) is 11.0. The summed E-state index contributed by atoms with van der Waals surface area (Å²) in [4.78, 5) is 52.1. The summed E-state index contributed by atoms with van der Waals surface area (Å²) in [5.41, 5.74) is 0.244. The zero-order chi connectivity index (χ0) is 25.7. The van der Waals surface area contributed by atoms with Gasteiger partial charge in [-0.2, -0.15) is 0 Å². The molecule has 10 nitrogen and oxygen atoms in total. The summed E-state index contributed by atoms with van der Waals surface area (Å²) < 4.78 is 0. The van der Waals surface area contributed by atoms with Crippen LogP contribution in [0, 0.1) is 5.41 Å². The Morgan fingerprint density at radius 2 is 1.86 bits per heavy atom. The molecule has 0 bridgehead atoms. The fourth-order valence-electron chi connectivity index (χ4n) is 4.57. The Balaban J connectivity index is 0.000000655. The quantitative estimate of drug-likeness (QED) is 0.428. The predicted octanol–water partition coefficient (Wildman–Crippen LogP) is 2.51. The van der Waals surface area contributed by atoms with Crippen LogP contribution >= 0.6 is 11.3 Å². The Kier molecular flexibility index (Phi) is 11.0. The van der Waals surface area contributed by atoms with Crippen LogP contribution in [0.1, 0.15) is 24.1 Å². The summed E-state index contributed by atoms with van der Waals surface area (Å²) in [6, 6.07) is 7.78. The number of carbonyl (C=O) groups is 4. The summed E-state index contributed by atoms with van der Waals surface area (Å²) in [5.74, 6) is 0.0621. The van der Waals surface area contributed by atoms with Gasteiger partial charge in [0, 0.05) is 36.3 Å². The molecule has 3 N–H and O–H groups in total. The number of nitrogens with one attached hydrogen (secondary N) is 1. The van der Waals surface area contributed by atoms with E-state index in [1.54, 1.807) is 29.8 Å². The molecule has 4 rings (SSSR count). The SMILES string of the molecule is CN1CC[C@@]2(C(=O)Nc3cccnc3)CCN(C(=O)/C=C/c3cccs3)CC[C@@H]12.O=CO.O=CO. The van der Waals surface area contributed by atoms with Gasteiger partial charge in [-0.05, 0) is 62.5 Å². The van der Waals surface area contributed by atoms with Gasteiger partial charge in [-0.25, -0.2) is 0 Å². The minimum absolute atomic E-state index is 0.0174. The lowest BCUT2D eigenvalue weighted by Crippen LogP contribution is -2.46. The first-order valence-corrected chi connectivity index (χ1v) is 11.9. The fraction of sp³-hybridized carbons (Fsp3) is 0.375. The summed E-state index contributed by atoms with van der Waals surface area (Å²) in [7, 11) is 2.08. The monoisotopic (exact) mass is 502 g/mol. The van der Waals surface area contributed by atoms with Gasteiger partial charge in [-0.3, -0.25) is 24.2 Å². The van der Waals surface area contributed by atoms with E-state index < -0.39 is 5.41 Å². The molecule has 4 heterocycles. The van der Waals surface area contributed by atoms with Crippen molar-refractivity contribution in [1.82, 2.24) is 14.8 Å². The molecule has 2 aromatic heterocycles. The minimum Gasteiger partial charge on any atom is -0.483 e. The highest BCUT2D eigenvalue weighted by Crippen LogP contribution is 2.44. The number of carbonyl (C=O) groups excluding carboxylic acids is 2. The van der Waals surface area contributed by atoms with E-state index in [-0.39, 0.29) is 30.8 Å². The van der Waals surface area contributed by atoms with Gasteiger partial charge in [0.05, 0.1) is 17.3 Å². The van der Waals surface area contributed by atoms with Crippen LogP contribution in [0.5, 0.6) is 0 Å². The number of hydrogen-bond acceptors (Lipinski definition) is 7. The minimum atomic E-state index is -0.475. The van der Waals surface area contributed by atoms with Crippen LogP contribution < -0.4 is 5.32 Å². The van der Waals surface area contributed by atoms with E-state index in [2.05, 4.69) is 22.2 Å². The fourth-order valence-corrected chi connectivity index (χ4v) is 5.19. The third-order valence-corrected chi connectivity index (χ3v) is 7.04. The molecule has 188 valence electrons. The number of thiophene rings is 1. The van der Waals surface area contributed by atoms with Crippen molar-refractivity contribution in [2.75, 3.05) is 32.0 Å². The van der Waals surface area contributed by atoms with E-state index in [0.29, 0.717) is 19.5 Å². The van der Waals surface area contributed by atoms with Gasteiger partial charge in [-0.15, -0.1) is 11.3 Å². The van der Waals surface area contributed by atoms with Crippen LogP contribution in [0.15, 0.2) is 48.1 Å². The highest BCUT2D eigenvalue weighted by molar-refractivity contribution is 7.10. The maximum absolute atomic E-state index is 13.3. The Morgan fingerprint density at radius 3 is 2.49 bits per heavy atom. The van der Waals surface area contributed by atoms with Gasteiger partial charge in [-0.1, -0.05) is 6.07 Å². The van der Waals surface area contributed by atoms with Crippen molar-refractivity contribution < 1.29 is 29.4 Å². The normalized spacial score (nSPS) is 21.4. The number of anilines is 1. The number of aromatic nitrogens is 1. The van der Waals surface area contributed by atoms with Crippen molar-refractivity contribution in [2.45, 2.75) is 25.3 Å². The number of carboxylic acid groups (broad SMARTS) is 2. The Hall–Kier alpha value is -3.57. The van der Waals surface area contributed by atoms with Gasteiger partial charge < -0.3 is 25.3 Å². The first-order chi connectivity index (χ1) is 16.9. The van der Waals surface area contributed by atoms with Crippen LogP contribution in [0.2, 0.25) is 0 Å². The molecular weight excluding hydrogens is 472 g/mol. The van der Waals surface area contributed by atoms with E-state index in [1.165, 1.54) is 0 Å². The molecule has 11 heteroatoms. The number of likely N-dealkylation sites (tertiary alicyclic amines) is 2. The standard InChI is InChI=1S/C22H26N4O2S.2CH2O2/c1-25-13-9-22(21(28)24-17-4-2-11-23-16-17)10-14-26(12-8-19(22)25)20(27)7-6-18-5-3-15-29-18;2*2-1-3/h2-7,11,15-16,19H,8-10,12-14H2,1H3,(H,24,28);2*1H,(H,2,3)/b7-6+;;/t19-,22-;;/m1../s1. The number of amides is 2. The van der Waals surface area contributed by atoms with Crippen molar-refractivity contribution in [1.29, 1.82) is 0 Å². The molecule has 2 amide bonds. The lowest BCUT2D eigenvalue weighted by Gasteiger charge is -2.34. The van der Waals surface area contributed by atoms with E-state index in [9.17, 15) is 9.59 Å². The molecule has 2 saturated heterocycles. The smallest absolute Gasteiger partial charge is 0.290 e. The number of pyridine rings is 1. The van der Waals surface area contributed by atoms with E-state index in [0.717, 1.165) is 30.0 Å². The molecule has 2 aliphatic rings. The average Bonchev–Trinajstić information content (AvgIpc) is 3.43. The Bertz CT molecular complexity index is 979. The van der Waals surface area contributed by atoms with E-state index >= 15 is 0 Å².